The summed E-state index contributed by atoms with van der Waals surface area (Å²) in [6, 6.07) is 5.08. The summed E-state index contributed by atoms with van der Waals surface area (Å²) in [5.41, 5.74) is 0.477. The highest BCUT2D eigenvalue weighted by atomic mass is 35.5. The van der Waals surface area contributed by atoms with Crippen LogP contribution in [0, 0.1) is 5.41 Å². The van der Waals surface area contributed by atoms with E-state index in [9.17, 15) is 4.79 Å². The smallest absolute Gasteiger partial charge is 0.165 e. The standard InChI is InChI=1S/C16H20Cl2O3/c1-16(2)9-20-14(21-10-16)8-4-7-13(19)15-11(17)5-3-6-12(15)18/h3,5-6,14H,4,7-10H2,1-2H3. The summed E-state index contributed by atoms with van der Waals surface area (Å²) in [5.74, 6) is -0.0401. The van der Waals surface area contributed by atoms with Crippen molar-refractivity contribution >= 4 is 29.0 Å². The van der Waals surface area contributed by atoms with Crippen molar-refractivity contribution in [3.05, 3.63) is 33.8 Å². The summed E-state index contributed by atoms with van der Waals surface area (Å²) in [6.45, 7) is 5.57. The van der Waals surface area contributed by atoms with E-state index in [0.717, 1.165) is 0 Å². The Morgan fingerprint density at radius 3 is 2.38 bits per heavy atom. The van der Waals surface area contributed by atoms with Crippen molar-refractivity contribution in [3.63, 3.8) is 0 Å². The highest BCUT2D eigenvalue weighted by molar-refractivity contribution is 6.39. The zero-order valence-electron chi connectivity index (χ0n) is 12.3. The Labute approximate surface area is 135 Å². The van der Waals surface area contributed by atoms with Crippen LogP contribution in [0.2, 0.25) is 10.0 Å². The van der Waals surface area contributed by atoms with Gasteiger partial charge >= 0.3 is 0 Å². The molecule has 0 unspecified atom stereocenters. The van der Waals surface area contributed by atoms with Gasteiger partial charge in [-0.05, 0) is 25.0 Å². The molecule has 1 aliphatic rings. The third kappa shape index (κ3) is 4.68. The Kier molecular flexibility index (Phi) is 5.67. The van der Waals surface area contributed by atoms with Gasteiger partial charge in [0.25, 0.3) is 0 Å². The molecule has 1 fully saturated rings. The van der Waals surface area contributed by atoms with Crippen LogP contribution < -0.4 is 0 Å². The van der Waals surface area contributed by atoms with Crippen molar-refractivity contribution in [1.29, 1.82) is 0 Å². The van der Waals surface area contributed by atoms with Crippen molar-refractivity contribution in [2.75, 3.05) is 13.2 Å². The van der Waals surface area contributed by atoms with Gasteiger partial charge in [0.2, 0.25) is 0 Å². The zero-order valence-corrected chi connectivity index (χ0v) is 13.8. The molecule has 0 atom stereocenters. The van der Waals surface area contributed by atoms with E-state index in [2.05, 4.69) is 13.8 Å². The lowest BCUT2D eigenvalue weighted by Crippen LogP contribution is -2.37. The molecule has 1 aliphatic heterocycles. The summed E-state index contributed by atoms with van der Waals surface area (Å²) in [6.07, 6.45) is 1.55. The van der Waals surface area contributed by atoms with Gasteiger partial charge < -0.3 is 9.47 Å². The zero-order chi connectivity index (χ0) is 15.5. The number of carbonyl (C=O) groups excluding carboxylic acids is 1. The molecule has 0 aliphatic carbocycles. The van der Waals surface area contributed by atoms with Gasteiger partial charge in [-0.3, -0.25) is 4.79 Å². The molecule has 0 radical (unpaired) electrons. The van der Waals surface area contributed by atoms with E-state index in [1.807, 2.05) is 0 Å². The molecule has 1 heterocycles. The molecule has 2 rings (SSSR count). The number of ketones is 1. The van der Waals surface area contributed by atoms with Crippen LogP contribution in [0.1, 0.15) is 43.5 Å². The first-order valence-corrected chi connectivity index (χ1v) is 7.85. The molecule has 116 valence electrons. The fraction of sp³-hybridized carbons (Fsp3) is 0.562. The van der Waals surface area contributed by atoms with Crippen LogP contribution in [-0.4, -0.2) is 25.3 Å². The molecule has 0 N–H and O–H groups in total. The van der Waals surface area contributed by atoms with E-state index < -0.39 is 0 Å². The maximum absolute atomic E-state index is 12.2. The van der Waals surface area contributed by atoms with E-state index in [-0.39, 0.29) is 17.5 Å². The maximum Gasteiger partial charge on any atom is 0.165 e. The fourth-order valence-corrected chi connectivity index (χ4v) is 2.82. The Balaban J connectivity index is 1.80. The van der Waals surface area contributed by atoms with Gasteiger partial charge in [0.15, 0.2) is 12.1 Å². The molecule has 1 aromatic carbocycles. The molecule has 0 aromatic heterocycles. The minimum atomic E-state index is -0.215. The predicted molar refractivity (Wildman–Crippen MR) is 84.1 cm³/mol. The van der Waals surface area contributed by atoms with Crippen LogP contribution in [-0.2, 0) is 9.47 Å². The third-order valence-corrected chi connectivity index (χ3v) is 4.04. The molecule has 1 saturated heterocycles. The number of hydrogen-bond acceptors (Lipinski definition) is 3. The van der Waals surface area contributed by atoms with Gasteiger partial charge in [-0.15, -0.1) is 0 Å². The first-order chi connectivity index (χ1) is 9.89. The second kappa shape index (κ2) is 7.10. The molecule has 1 aromatic rings. The van der Waals surface area contributed by atoms with Gasteiger partial charge in [0.1, 0.15) is 0 Å². The SMILES string of the molecule is CC1(C)COC(CCCC(=O)c2c(Cl)cccc2Cl)OC1. The van der Waals surface area contributed by atoms with Crippen LogP contribution in [0.5, 0.6) is 0 Å². The van der Waals surface area contributed by atoms with E-state index in [0.29, 0.717) is 48.1 Å². The average molecular weight is 331 g/mol. The molecule has 0 bridgehead atoms. The van der Waals surface area contributed by atoms with E-state index >= 15 is 0 Å². The number of ether oxygens (including phenoxy) is 2. The average Bonchev–Trinajstić information content (AvgIpc) is 2.40. The number of benzene rings is 1. The quantitative estimate of drug-likeness (QED) is 0.731. The highest BCUT2D eigenvalue weighted by Crippen LogP contribution is 2.28. The summed E-state index contributed by atoms with van der Waals surface area (Å²) >= 11 is 12.1. The van der Waals surface area contributed by atoms with Crippen molar-refractivity contribution in [2.45, 2.75) is 39.4 Å². The monoisotopic (exact) mass is 330 g/mol. The number of halogens is 2. The van der Waals surface area contributed by atoms with Crippen molar-refractivity contribution < 1.29 is 14.3 Å². The lowest BCUT2D eigenvalue weighted by molar-refractivity contribution is -0.223. The maximum atomic E-state index is 12.2. The van der Waals surface area contributed by atoms with Gasteiger partial charge in [-0.25, -0.2) is 0 Å². The summed E-state index contributed by atoms with van der Waals surface area (Å²) in [7, 11) is 0. The summed E-state index contributed by atoms with van der Waals surface area (Å²) < 4.78 is 11.3. The van der Waals surface area contributed by atoms with Gasteiger partial charge in [0.05, 0.1) is 28.8 Å². The molecular weight excluding hydrogens is 311 g/mol. The van der Waals surface area contributed by atoms with Crippen LogP contribution in [0.4, 0.5) is 0 Å². The summed E-state index contributed by atoms with van der Waals surface area (Å²) in [5, 5.41) is 0.804. The Hall–Kier alpha value is -0.610. The van der Waals surface area contributed by atoms with Gasteiger partial charge in [0, 0.05) is 11.8 Å². The number of carbonyl (C=O) groups is 1. The largest absolute Gasteiger partial charge is 0.352 e. The van der Waals surface area contributed by atoms with E-state index in [4.69, 9.17) is 32.7 Å². The molecule has 5 heteroatoms. The second-order valence-electron chi connectivity index (χ2n) is 6.13. The second-order valence-corrected chi connectivity index (χ2v) is 6.94. The van der Waals surface area contributed by atoms with Crippen molar-refractivity contribution in [3.8, 4) is 0 Å². The normalized spacial score (nSPS) is 18.7. The molecule has 0 saturated carbocycles. The fourth-order valence-electron chi connectivity index (χ4n) is 2.21. The number of hydrogen-bond donors (Lipinski definition) is 0. The van der Waals surface area contributed by atoms with E-state index in [1.54, 1.807) is 18.2 Å². The minimum Gasteiger partial charge on any atom is -0.352 e. The third-order valence-electron chi connectivity index (χ3n) is 3.41. The van der Waals surface area contributed by atoms with E-state index in [1.165, 1.54) is 0 Å². The molecule has 3 nitrogen and oxygen atoms in total. The molecule has 0 spiro atoms. The molecular formula is C16H20Cl2O3. The Morgan fingerprint density at radius 1 is 1.24 bits per heavy atom. The topological polar surface area (TPSA) is 35.5 Å². The van der Waals surface area contributed by atoms with Crippen LogP contribution in [0.25, 0.3) is 0 Å². The lowest BCUT2D eigenvalue weighted by Gasteiger charge is -2.34. The lowest BCUT2D eigenvalue weighted by atomic mass is 9.95. The van der Waals surface area contributed by atoms with Crippen LogP contribution >= 0.6 is 23.2 Å². The number of rotatable bonds is 5. The number of Topliss-reactive ketones (excluding diaryl/α,β-unsaturated/α-hetero) is 1. The van der Waals surface area contributed by atoms with Crippen LogP contribution in [0.15, 0.2) is 18.2 Å². The first kappa shape index (κ1) is 16.8. The van der Waals surface area contributed by atoms with Crippen molar-refractivity contribution in [2.24, 2.45) is 5.41 Å². The highest BCUT2D eigenvalue weighted by Gasteiger charge is 2.28. The Morgan fingerprint density at radius 2 is 1.81 bits per heavy atom. The first-order valence-electron chi connectivity index (χ1n) is 7.09. The minimum absolute atomic E-state index is 0.0401. The van der Waals surface area contributed by atoms with Crippen molar-refractivity contribution in [1.82, 2.24) is 0 Å². The Bertz CT molecular complexity index is 484. The van der Waals surface area contributed by atoms with Gasteiger partial charge in [-0.1, -0.05) is 43.1 Å². The van der Waals surface area contributed by atoms with Gasteiger partial charge in [-0.2, -0.15) is 0 Å². The molecule has 21 heavy (non-hydrogen) atoms. The molecule has 0 amide bonds. The van der Waals surface area contributed by atoms with Crippen LogP contribution in [0.3, 0.4) is 0 Å². The predicted octanol–water partition coefficient (Wildman–Crippen LogP) is 4.75. The summed E-state index contributed by atoms with van der Waals surface area (Å²) in [4.78, 5) is 12.2.